The molecule has 0 aromatic heterocycles. The maximum absolute atomic E-state index is 12.0. The van der Waals surface area contributed by atoms with E-state index < -0.39 is 41.5 Å². The van der Waals surface area contributed by atoms with Crippen LogP contribution in [0.25, 0.3) is 16.8 Å². The van der Waals surface area contributed by atoms with Crippen molar-refractivity contribution in [3.63, 3.8) is 0 Å². The summed E-state index contributed by atoms with van der Waals surface area (Å²) in [7, 11) is -9.56. The summed E-state index contributed by atoms with van der Waals surface area (Å²) >= 11 is 0.494. The van der Waals surface area contributed by atoms with E-state index in [9.17, 15) is 31.0 Å². The van der Waals surface area contributed by atoms with Gasteiger partial charge in [-0.05, 0) is 48.2 Å². The number of phenolic OH excluding ortho intramolecular Hbond substituents is 1. The molecule has 0 saturated heterocycles. The Balaban J connectivity index is 2.21. The fourth-order valence-electron chi connectivity index (χ4n) is 3.04. The number of allylic oxidation sites excluding steroid dienone is 1. The van der Waals surface area contributed by atoms with Crippen molar-refractivity contribution in [2.45, 2.75) is 21.6 Å². The Morgan fingerprint density at radius 3 is 2.29 bits per heavy atom. The third-order valence-electron chi connectivity index (χ3n) is 4.50. The van der Waals surface area contributed by atoms with Crippen molar-refractivity contribution in [1.29, 1.82) is 0 Å². The van der Waals surface area contributed by atoms with Crippen LogP contribution < -0.4 is 5.73 Å². The number of nitrogens with zero attached hydrogens (tertiary/aromatic N) is 2. The lowest BCUT2D eigenvalue weighted by Gasteiger charge is -2.11. The number of benzene rings is 3. The largest absolute Gasteiger partial charge is 0.505 e. The van der Waals surface area contributed by atoms with Gasteiger partial charge in [0.2, 0.25) is 0 Å². The molecule has 3 aromatic carbocycles. The SMILES string of the molecule is CC=Cc1ccc(N=Nc2c(S(=O)(=O)O)cc3cc(SOOO)c(N)cc3c2O)cc1S(=O)(=O)O. The van der Waals surface area contributed by atoms with E-state index in [0.717, 1.165) is 12.1 Å². The minimum atomic E-state index is -4.93. The highest BCUT2D eigenvalue weighted by Gasteiger charge is 2.23. The molecule has 0 saturated carbocycles. The number of nitrogens with two attached hydrogens (primary N) is 1. The molecule has 6 N–H and O–H groups in total. The zero-order valence-electron chi connectivity index (χ0n) is 17.6. The summed E-state index contributed by atoms with van der Waals surface area (Å²) in [6, 6.07) is 7.19. The number of rotatable bonds is 8. The van der Waals surface area contributed by atoms with E-state index in [1.54, 1.807) is 13.0 Å². The molecule has 0 atom stereocenters. The van der Waals surface area contributed by atoms with Gasteiger partial charge in [-0.15, -0.1) is 9.45 Å². The molecule has 0 aliphatic heterocycles. The Kier molecular flexibility index (Phi) is 7.77. The van der Waals surface area contributed by atoms with Gasteiger partial charge in [0.15, 0.2) is 5.75 Å². The smallest absolute Gasteiger partial charge is 0.296 e. The number of phenols is 1. The molecule has 186 valence electrons. The van der Waals surface area contributed by atoms with Gasteiger partial charge in [0.1, 0.15) is 15.5 Å². The summed E-state index contributed by atoms with van der Waals surface area (Å²) in [4.78, 5) is -1.11. The van der Waals surface area contributed by atoms with Gasteiger partial charge < -0.3 is 10.8 Å². The van der Waals surface area contributed by atoms with Gasteiger partial charge in [0.05, 0.1) is 22.6 Å². The highest BCUT2D eigenvalue weighted by Crippen LogP contribution is 2.44. The molecular formula is C19H17N3O10S3. The first-order valence-electron chi connectivity index (χ1n) is 9.24. The van der Waals surface area contributed by atoms with E-state index in [4.69, 9.17) is 11.0 Å². The topological polar surface area (TPSA) is 218 Å². The quantitative estimate of drug-likeness (QED) is 0.0662. The summed E-state index contributed by atoms with van der Waals surface area (Å²) in [5.74, 6) is -0.706. The number of azo groups is 1. The zero-order valence-corrected chi connectivity index (χ0v) is 20.0. The summed E-state index contributed by atoms with van der Waals surface area (Å²) in [6.45, 7) is 1.64. The molecule has 0 spiro atoms. The molecular weight excluding hydrogens is 526 g/mol. The Bertz CT molecular complexity index is 1570. The summed E-state index contributed by atoms with van der Waals surface area (Å²) in [6.07, 6.45) is 2.99. The van der Waals surface area contributed by atoms with Crippen molar-refractivity contribution in [2.75, 3.05) is 5.73 Å². The Hall–Kier alpha value is -3.09. The molecule has 0 aliphatic carbocycles. The molecule has 16 heteroatoms. The fourth-order valence-corrected chi connectivity index (χ4v) is 4.84. The van der Waals surface area contributed by atoms with E-state index in [2.05, 4.69) is 19.6 Å². The Labute approximate surface area is 203 Å². The highest BCUT2D eigenvalue weighted by molar-refractivity contribution is 7.94. The highest BCUT2D eigenvalue weighted by atomic mass is 32.2. The summed E-state index contributed by atoms with van der Waals surface area (Å²) < 4.78 is 70.9. The van der Waals surface area contributed by atoms with Crippen molar-refractivity contribution < 1.29 is 45.7 Å². The van der Waals surface area contributed by atoms with Crippen LogP contribution in [0.15, 0.2) is 67.4 Å². The zero-order chi connectivity index (χ0) is 26.0. The standard InChI is InChI=1S/C19H17N3O10S3/c1-2-3-10-4-5-12(8-16(10)34(25,26)27)21-22-18-17(35(28,29)30)7-11-6-15(33-32-31-24)14(20)9-13(11)19(18)23/h2-9,23-24H,20H2,1H3,(H,25,26,27)(H,28,29,30). The first-order chi connectivity index (χ1) is 16.4. The second-order valence-corrected chi connectivity index (χ2v) is 10.3. The van der Waals surface area contributed by atoms with Gasteiger partial charge in [0.25, 0.3) is 20.2 Å². The van der Waals surface area contributed by atoms with Crippen LogP contribution in [0.1, 0.15) is 12.5 Å². The number of fused-ring (bicyclic) bond motifs is 1. The predicted molar refractivity (Wildman–Crippen MR) is 126 cm³/mol. The predicted octanol–water partition coefficient (Wildman–Crippen LogP) is 4.50. The molecule has 0 heterocycles. The van der Waals surface area contributed by atoms with E-state index in [1.807, 2.05) is 0 Å². The third kappa shape index (κ3) is 5.95. The van der Waals surface area contributed by atoms with Crippen molar-refractivity contribution in [3.8, 4) is 5.75 Å². The van der Waals surface area contributed by atoms with Crippen LogP contribution in [-0.2, 0) is 29.6 Å². The molecule has 0 fully saturated rings. The van der Waals surface area contributed by atoms with Crippen molar-refractivity contribution >= 4 is 66.2 Å². The van der Waals surface area contributed by atoms with E-state index in [0.29, 0.717) is 12.0 Å². The molecule has 0 bridgehead atoms. The first-order valence-corrected chi connectivity index (χ1v) is 12.9. The lowest BCUT2D eigenvalue weighted by molar-refractivity contribution is -0.432. The van der Waals surface area contributed by atoms with Crippen LogP contribution in [-0.4, -0.2) is 36.3 Å². The summed E-state index contributed by atoms with van der Waals surface area (Å²) in [5.41, 5.74) is 5.33. The normalized spacial score (nSPS) is 12.8. The van der Waals surface area contributed by atoms with E-state index in [1.165, 1.54) is 30.3 Å². The van der Waals surface area contributed by atoms with E-state index >= 15 is 0 Å². The monoisotopic (exact) mass is 543 g/mol. The average molecular weight is 544 g/mol. The van der Waals surface area contributed by atoms with Crippen molar-refractivity contribution in [3.05, 3.63) is 48.0 Å². The summed E-state index contributed by atoms with van der Waals surface area (Å²) in [5, 5.41) is 30.1. The van der Waals surface area contributed by atoms with Crippen LogP contribution >= 0.6 is 12.0 Å². The van der Waals surface area contributed by atoms with Gasteiger partial charge in [-0.3, -0.25) is 9.11 Å². The number of hydrogen-bond donors (Lipinski definition) is 5. The molecule has 3 rings (SSSR count). The molecule has 0 unspecified atom stereocenters. The lowest BCUT2D eigenvalue weighted by atomic mass is 10.1. The second-order valence-electron chi connectivity index (χ2n) is 6.78. The van der Waals surface area contributed by atoms with Crippen LogP contribution in [0, 0.1) is 0 Å². The second kappa shape index (κ2) is 10.3. The maximum atomic E-state index is 12.0. The van der Waals surface area contributed by atoms with Crippen LogP contribution in [0.4, 0.5) is 17.1 Å². The van der Waals surface area contributed by atoms with Gasteiger partial charge >= 0.3 is 0 Å². The fraction of sp³-hybridized carbons (Fsp3) is 0.0526. The van der Waals surface area contributed by atoms with Crippen LogP contribution in [0.5, 0.6) is 5.75 Å². The molecule has 0 radical (unpaired) electrons. The third-order valence-corrected chi connectivity index (χ3v) is 6.94. The minimum Gasteiger partial charge on any atom is -0.505 e. The first kappa shape index (κ1) is 26.5. The van der Waals surface area contributed by atoms with Gasteiger partial charge in [-0.1, -0.05) is 23.3 Å². The number of hydrogen-bond acceptors (Lipinski definition) is 12. The van der Waals surface area contributed by atoms with Gasteiger partial charge in [-0.2, -0.15) is 21.9 Å². The average Bonchev–Trinajstić information content (AvgIpc) is 2.77. The van der Waals surface area contributed by atoms with E-state index in [-0.39, 0.29) is 32.6 Å². The van der Waals surface area contributed by atoms with Crippen molar-refractivity contribution in [2.24, 2.45) is 10.2 Å². The molecule has 35 heavy (non-hydrogen) atoms. The van der Waals surface area contributed by atoms with Gasteiger partial charge in [-0.25, -0.2) is 5.26 Å². The molecule has 3 aromatic rings. The van der Waals surface area contributed by atoms with Gasteiger partial charge in [0, 0.05) is 11.1 Å². The Morgan fingerprint density at radius 2 is 1.69 bits per heavy atom. The Morgan fingerprint density at radius 1 is 1.00 bits per heavy atom. The molecule has 0 aliphatic rings. The van der Waals surface area contributed by atoms with Crippen LogP contribution in [0.2, 0.25) is 0 Å². The minimum absolute atomic E-state index is 0.0279. The number of aromatic hydroxyl groups is 1. The lowest BCUT2D eigenvalue weighted by Crippen LogP contribution is -2.00. The number of anilines is 1. The molecule has 13 nitrogen and oxygen atoms in total. The maximum Gasteiger partial charge on any atom is 0.296 e. The molecule has 0 amide bonds. The van der Waals surface area contributed by atoms with Crippen LogP contribution in [0.3, 0.4) is 0 Å². The van der Waals surface area contributed by atoms with Crippen molar-refractivity contribution in [1.82, 2.24) is 0 Å². The number of nitrogen functional groups attached to an aromatic ring is 1.